The van der Waals surface area contributed by atoms with Gasteiger partial charge in [0.15, 0.2) is 5.96 Å². The first-order valence-corrected chi connectivity index (χ1v) is 11.2. The molecule has 1 aromatic rings. The number of rotatable bonds is 7. The number of methoxy groups -OCH3 is 1. The average Bonchev–Trinajstić information content (AvgIpc) is 3.25. The lowest BCUT2D eigenvalue weighted by atomic mass is 9.88. The number of nitrogens with zero attached hydrogens (tertiary/aromatic N) is 2. The van der Waals surface area contributed by atoms with Gasteiger partial charge in [0.1, 0.15) is 17.6 Å². The maximum atomic E-state index is 12.8. The molecule has 0 radical (unpaired) electrons. The molecule has 2 unspecified atom stereocenters. The maximum Gasteiger partial charge on any atom is 0.225 e. The van der Waals surface area contributed by atoms with Crippen molar-refractivity contribution in [1.82, 2.24) is 15.5 Å². The van der Waals surface area contributed by atoms with E-state index in [1.165, 1.54) is 19.3 Å². The van der Waals surface area contributed by atoms with E-state index in [2.05, 4.69) is 15.6 Å². The fourth-order valence-corrected chi connectivity index (χ4v) is 4.26. The third kappa shape index (κ3) is 6.28. The summed E-state index contributed by atoms with van der Waals surface area (Å²) in [5.74, 6) is 2.89. The summed E-state index contributed by atoms with van der Waals surface area (Å²) in [6, 6.07) is 7.84. The van der Waals surface area contributed by atoms with Crippen molar-refractivity contribution >= 4 is 11.9 Å². The normalized spacial score (nSPS) is 21.2. The van der Waals surface area contributed by atoms with Crippen LogP contribution in [0.15, 0.2) is 29.3 Å². The standard InChI is InChI=1S/C23H36N4O3/c1-17(30-21-11-7-10-20(14-21)29-3)15-25-23(24-2)26-19-12-13-27(16-19)22(28)18-8-5-4-6-9-18/h7,10-11,14,17-19H,4-6,8-9,12-13,15-16H2,1-3H3,(H2,24,25,26). The van der Waals surface area contributed by atoms with Crippen molar-refractivity contribution < 1.29 is 14.3 Å². The van der Waals surface area contributed by atoms with Crippen LogP contribution in [0.1, 0.15) is 45.4 Å². The van der Waals surface area contributed by atoms with Crippen LogP contribution in [-0.2, 0) is 4.79 Å². The van der Waals surface area contributed by atoms with E-state index in [1.807, 2.05) is 36.1 Å². The molecular weight excluding hydrogens is 380 g/mol. The number of likely N-dealkylation sites (tertiary alicyclic amines) is 1. The van der Waals surface area contributed by atoms with Gasteiger partial charge >= 0.3 is 0 Å². The van der Waals surface area contributed by atoms with Gasteiger partial charge in [-0.2, -0.15) is 0 Å². The number of aliphatic imine (C=N–C) groups is 1. The van der Waals surface area contributed by atoms with Gasteiger partial charge in [0.2, 0.25) is 5.91 Å². The first-order valence-electron chi connectivity index (χ1n) is 11.2. The number of nitrogens with one attached hydrogen (secondary N) is 2. The Balaban J connectivity index is 1.41. The molecule has 166 valence electrons. The molecule has 3 rings (SSSR count). The molecule has 2 N–H and O–H groups in total. The molecule has 30 heavy (non-hydrogen) atoms. The minimum Gasteiger partial charge on any atom is -0.497 e. The van der Waals surface area contributed by atoms with Crippen LogP contribution in [0.2, 0.25) is 0 Å². The van der Waals surface area contributed by atoms with E-state index >= 15 is 0 Å². The Morgan fingerprint density at radius 1 is 1.23 bits per heavy atom. The van der Waals surface area contributed by atoms with Crippen molar-refractivity contribution in [2.24, 2.45) is 10.9 Å². The topological polar surface area (TPSA) is 75.2 Å². The molecule has 0 spiro atoms. The summed E-state index contributed by atoms with van der Waals surface area (Å²) in [6.07, 6.45) is 6.69. The van der Waals surface area contributed by atoms with Crippen molar-refractivity contribution in [3.8, 4) is 11.5 Å². The highest BCUT2D eigenvalue weighted by molar-refractivity contribution is 5.81. The summed E-state index contributed by atoms with van der Waals surface area (Å²) >= 11 is 0. The number of carbonyl (C=O) groups is 1. The molecule has 1 aromatic carbocycles. The number of benzene rings is 1. The van der Waals surface area contributed by atoms with Crippen molar-refractivity contribution in [3.05, 3.63) is 24.3 Å². The number of amides is 1. The van der Waals surface area contributed by atoms with Gasteiger partial charge in [-0.05, 0) is 38.3 Å². The zero-order valence-corrected chi connectivity index (χ0v) is 18.5. The van der Waals surface area contributed by atoms with E-state index < -0.39 is 0 Å². The number of hydrogen-bond donors (Lipinski definition) is 2. The van der Waals surface area contributed by atoms with Gasteiger partial charge in [0.05, 0.1) is 13.7 Å². The van der Waals surface area contributed by atoms with Gasteiger partial charge in [-0.15, -0.1) is 0 Å². The van der Waals surface area contributed by atoms with Gasteiger partial charge in [-0.1, -0.05) is 25.3 Å². The molecule has 7 heteroatoms. The lowest BCUT2D eigenvalue weighted by Gasteiger charge is -2.26. The Morgan fingerprint density at radius 3 is 2.73 bits per heavy atom. The maximum absolute atomic E-state index is 12.8. The molecule has 0 bridgehead atoms. The second-order valence-corrected chi connectivity index (χ2v) is 8.31. The molecule has 1 saturated carbocycles. The second kappa shape index (κ2) is 11.1. The predicted octanol–water partition coefficient (Wildman–Crippen LogP) is 2.81. The van der Waals surface area contributed by atoms with E-state index in [1.54, 1.807) is 14.2 Å². The molecule has 2 fully saturated rings. The molecule has 7 nitrogen and oxygen atoms in total. The minimum absolute atomic E-state index is 0.0383. The van der Waals surface area contributed by atoms with E-state index in [4.69, 9.17) is 9.47 Å². The van der Waals surface area contributed by atoms with Gasteiger partial charge in [-0.3, -0.25) is 9.79 Å². The quantitative estimate of drug-likeness (QED) is 0.528. The largest absolute Gasteiger partial charge is 0.497 e. The van der Waals surface area contributed by atoms with Crippen LogP contribution in [0.4, 0.5) is 0 Å². The summed E-state index contributed by atoms with van der Waals surface area (Å²) in [6.45, 7) is 4.22. The molecule has 1 saturated heterocycles. The van der Waals surface area contributed by atoms with Gasteiger partial charge in [0, 0.05) is 38.2 Å². The van der Waals surface area contributed by atoms with Gasteiger partial charge in [-0.25, -0.2) is 0 Å². The van der Waals surface area contributed by atoms with Crippen LogP contribution in [0.5, 0.6) is 11.5 Å². The van der Waals surface area contributed by atoms with Crippen LogP contribution < -0.4 is 20.1 Å². The predicted molar refractivity (Wildman–Crippen MR) is 119 cm³/mol. The molecule has 2 aliphatic rings. The van der Waals surface area contributed by atoms with E-state index in [9.17, 15) is 4.79 Å². The SMILES string of the molecule is CN=C(NCC(C)Oc1cccc(OC)c1)NC1CCN(C(=O)C2CCCCC2)C1. The Kier molecular flexibility index (Phi) is 8.22. The lowest BCUT2D eigenvalue weighted by molar-refractivity contribution is -0.135. The Hall–Kier alpha value is -2.44. The number of ether oxygens (including phenoxy) is 2. The second-order valence-electron chi connectivity index (χ2n) is 8.31. The third-order valence-corrected chi connectivity index (χ3v) is 5.95. The third-order valence-electron chi connectivity index (χ3n) is 5.95. The van der Waals surface area contributed by atoms with Crippen LogP contribution in [0.25, 0.3) is 0 Å². The molecular formula is C23H36N4O3. The summed E-state index contributed by atoms with van der Waals surface area (Å²) < 4.78 is 11.2. The van der Waals surface area contributed by atoms with E-state index in [0.29, 0.717) is 12.5 Å². The monoisotopic (exact) mass is 416 g/mol. The van der Waals surface area contributed by atoms with E-state index in [-0.39, 0.29) is 18.1 Å². The minimum atomic E-state index is -0.0383. The Labute approximate surface area is 180 Å². The summed E-state index contributed by atoms with van der Waals surface area (Å²) in [5, 5.41) is 6.79. The zero-order valence-electron chi connectivity index (χ0n) is 18.5. The van der Waals surface area contributed by atoms with Crippen molar-refractivity contribution in [2.75, 3.05) is 33.8 Å². The van der Waals surface area contributed by atoms with Crippen molar-refractivity contribution in [2.45, 2.75) is 57.6 Å². The molecule has 1 aliphatic carbocycles. The summed E-state index contributed by atoms with van der Waals surface area (Å²) in [4.78, 5) is 19.1. The van der Waals surface area contributed by atoms with Gasteiger partial charge < -0.3 is 25.0 Å². The van der Waals surface area contributed by atoms with Crippen LogP contribution in [-0.4, -0.2) is 62.7 Å². The molecule has 1 aliphatic heterocycles. The summed E-state index contributed by atoms with van der Waals surface area (Å²) in [5.41, 5.74) is 0. The van der Waals surface area contributed by atoms with Crippen molar-refractivity contribution in [1.29, 1.82) is 0 Å². The average molecular weight is 417 g/mol. The summed E-state index contributed by atoms with van der Waals surface area (Å²) in [7, 11) is 3.41. The van der Waals surface area contributed by atoms with Crippen LogP contribution >= 0.6 is 0 Å². The highest BCUT2D eigenvalue weighted by Gasteiger charge is 2.31. The van der Waals surface area contributed by atoms with E-state index in [0.717, 1.165) is 49.8 Å². The fraction of sp³-hybridized carbons (Fsp3) is 0.652. The first kappa shape index (κ1) is 22.2. The van der Waals surface area contributed by atoms with Crippen LogP contribution in [0, 0.1) is 5.92 Å². The fourth-order valence-electron chi connectivity index (χ4n) is 4.26. The molecule has 2 atom stereocenters. The molecule has 0 aromatic heterocycles. The Bertz CT molecular complexity index is 718. The first-order chi connectivity index (χ1) is 14.6. The smallest absolute Gasteiger partial charge is 0.225 e. The zero-order chi connectivity index (χ0) is 21.3. The number of carbonyl (C=O) groups excluding carboxylic acids is 1. The Morgan fingerprint density at radius 2 is 2.00 bits per heavy atom. The van der Waals surface area contributed by atoms with Crippen molar-refractivity contribution in [3.63, 3.8) is 0 Å². The highest BCUT2D eigenvalue weighted by atomic mass is 16.5. The molecule has 1 heterocycles. The lowest BCUT2D eigenvalue weighted by Crippen LogP contribution is -2.47. The van der Waals surface area contributed by atoms with Gasteiger partial charge in [0.25, 0.3) is 0 Å². The number of guanidine groups is 1. The number of hydrogen-bond acceptors (Lipinski definition) is 4. The molecule has 1 amide bonds. The van der Waals surface area contributed by atoms with Crippen LogP contribution in [0.3, 0.4) is 0 Å². The highest BCUT2D eigenvalue weighted by Crippen LogP contribution is 2.26.